The summed E-state index contributed by atoms with van der Waals surface area (Å²) in [5.41, 5.74) is 0.977. The molecular weight excluding hydrogens is 228 g/mol. The number of ether oxygens (including phenoxy) is 1. The van der Waals surface area contributed by atoms with Crippen LogP contribution in [-0.4, -0.2) is 38.3 Å². The molecule has 0 aromatic heterocycles. The molecule has 2 fully saturated rings. The molecule has 3 rings (SSSR count). The Bertz CT molecular complexity index is 421. The van der Waals surface area contributed by atoms with Crippen LogP contribution in [0.3, 0.4) is 0 Å². The van der Waals surface area contributed by atoms with Gasteiger partial charge >= 0.3 is 0 Å². The number of nitrogens with one attached hydrogen (secondary N) is 1. The second kappa shape index (κ2) is 5.08. The number of rotatable bonds is 1. The van der Waals surface area contributed by atoms with E-state index in [4.69, 9.17) is 4.74 Å². The van der Waals surface area contributed by atoms with Gasteiger partial charge in [0.2, 0.25) is 5.91 Å². The Kier molecular flexibility index (Phi) is 3.30. The third kappa shape index (κ3) is 2.13. The van der Waals surface area contributed by atoms with Crippen LogP contribution in [0, 0.1) is 5.92 Å². The molecule has 1 N–H and O–H groups in total. The van der Waals surface area contributed by atoms with Crippen molar-refractivity contribution < 1.29 is 9.53 Å². The van der Waals surface area contributed by atoms with Gasteiger partial charge in [-0.25, -0.2) is 0 Å². The third-order valence-electron chi connectivity index (χ3n) is 3.72. The van der Waals surface area contributed by atoms with Gasteiger partial charge in [0.25, 0.3) is 0 Å². The van der Waals surface area contributed by atoms with Crippen molar-refractivity contribution in [1.82, 2.24) is 5.32 Å². The number of amides is 1. The van der Waals surface area contributed by atoms with Crippen molar-refractivity contribution in [3.63, 3.8) is 0 Å². The number of piperidine rings is 1. The smallest absolute Gasteiger partial charge is 0.232 e. The predicted molar refractivity (Wildman–Crippen MR) is 69.5 cm³/mol. The zero-order valence-corrected chi connectivity index (χ0v) is 10.3. The lowest BCUT2D eigenvalue weighted by Crippen LogP contribution is -2.47. The number of hydrogen-bond donors (Lipinski definition) is 1. The summed E-state index contributed by atoms with van der Waals surface area (Å²) in [5, 5.41) is 3.29. The molecule has 2 atom stereocenters. The number of hydrogen-bond acceptors (Lipinski definition) is 3. The highest BCUT2D eigenvalue weighted by atomic mass is 16.5. The molecule has 0 spiro atoms. The van der Waals surface area contributed by atoms with Crippen LogP contribution in [0.5, 0.6) is 0 Å². The fourth-order valence-corrected chi connectivity index (χ4v) is 2.76. The highest BCUT2D eigenvalue weighted by Gasteiger charge is 2.37. The maximum atomic E-state index is 12.6. The van der Waals surface area contributed by atoms with Crippen LogP contribution in [0.15, 0.2) is 30.3 Å². The first-order valence-electron chi connectivity index (χ1n) is 6.55. The Morgan fingerprint density at radius 2 is 2.11 bits per heavy atom. The van der Waals surface area contributed by atoms with Gasteiger partial charge in [0.1, 0.15) is 0 Å². The van der Waals surface area contributed by atoms with Crippen molar-refractivity contribution in [2.24, 2.45) is 5.92 Å². The van der Waals surface area contributed by atoms with Gasteiger partial charge in [-0.15, -0.1) is 0 Å². The minimum atomic E-state index is 0.00829. The number of para-hydroxylation sites is 1. The van der Waals surface area contributed by atoms with Crippen molar-refractivity contribution >= 4 is 11.6 Å². The van der Waals surface area contributed by atoms with E-state index in [1.165, 1.54) is 0 Å². The average molecular weight is 246 g/mol. The van der Waals surface area contributed by atoms with Crippen LogP contribution in [0.1, 0.15) is 6.42 Å². The van der Waals surface area contributed by atoms with E-state index in [0.717, 1.165) is 25.2 Å². The Morgan fingerprint density at radius 1 is 1.28 bits per heavy atom. The van der Waals surface area contributed by atoms with E-state index in [-0.39, 0.29) is 17.9 Å². The van der Waals surface area contributed by atoms with Crippen LogP contribution in [0.2, 0.25) is 0 Å². The number of nitrogens with zero attached hydrogens (tertiary/aromatic N) is 1. The van der Waals surface area contributed by atoms with Gasteiger partial charge in [-0.05, 0) is 25.1 Å². The maximum Gasteiger partial charge on any atom is 0.232 e. The molecule has 0 aliphatic carbocycles. The van der Waals surface area contributed by atoms with E-state index < -0.39 is 0 Å². The number of carbonyl (C=O) groups is 1. The Balaban J connectivity index is 1.85. The van der Waals surface area contributed by atoms with E-state index in [1.807, 2.05) is 35.2 Å². The minimum Gasteiger partial charge on any atom is -0.374 e. The summed E-state index contributed by atoms with van der Waals surface area (Å²) in [6.45, 7) is 2.96. The lowest BCUT2D eigenvalue weighted by Gasteiger charge is -2.30. The lowest BCUT2D eigenvalue weighted by atomic mass is 9.93. The second-order valence-corrected chi connectivity index (χ2v) is 4.83. The Morgan fingerprint density at radius 3 is 2.94 bits per heavy atom. The molecule has 2 heterocycles. The van der Waals surface area contributed by atoms with Gasteiger partial charge in [-0.3, -0.25) is 4.79 Å². The molecule has 1 aromatic rings. The fraction of sp³-hybridized carbons (Fsp3) is 0.500. The van der Waals surface area contributed by atoms with Gasteiger partial charge in [-0.1, -0.05) is 18.2 Å². The SMILES string of the molecule is O=C1[C@H]2CCNC[C@H]2OCCN1c1ccccc1. The van der Waals surface area contributed by atoms with E-state index in [9.17, 15) is 4.79 Å². The predicted octanol–water partition coefficient (Wildman–Crippen LogP) is 1.03. The average Bonchev–Trinajstić information content (AvgIpc) is 2.60. The molecule has 1 aromatic carbocycles. The van der Waals surface area contributed by atoms with Gasteiger partial charge < -0.3 is 15.0 Å². The molecule has 1 amide bonds. The normalized spacial score (nSPS) is 28.7. The standard InChI is InChI=1S/C14H18N2O2/c17-14-12-6-7-15-10-13(12)18-9-8-16(14)11-4-2-1-3-5-11/h1-5,12-13,15H,6-10H2/t12-,13+/m0/s1. The first kappa shape index (κ1) is 11.7. The largest absolute Gasteiger partial charge is 0.374 e. The Hall–Kier alpha value is -1.39. The summed E-state index contributed by atoms with van der Waals surface area (Å²) < 4.78 is 5.80. The molecular formula is C14H18N2O2. The van der Waals surface area contributed by atoms with Crippen molar-refractivity contribution in [3.8, 4) is 0 Å². The van der Waals surface area contributed by atoms with E-state index >= 15 is 0 Å². The molecule has 0 saturated carbocycles. The van der Waals surface area contributed by atoms with Crippen LogP contribution in [0.4, 0.5) is 5.69 Å². The van der Waals surface area contributed by atoms with Crippen molar-refractivity contribution in [3.05, 3.63) is 30.3 Å². The highest BCUT2D eigenvalue weighted by Crippen LogP contribution is 2.25. The van der Waals surface area contributed by atoms with E-state index in [1.54, 1.807) is 0 Å². The van der Waals surface area contributed by atoms with Crippen LogP contribution in [0.25, 0.3) is 0 Å². The zero-order valence-electron chi connectivity index (χ0n) is 10.3. The topological polar surface area (TPSA) is 41.6 Å². The summed E-state index contributed by atoms with van der Waals surface area (Å²) in [6.07, 6.45) is 0.910. The summed E-state index contributed by atoms with van der Waals surface area (Å²) >= 11 is 0. The highest BCUT2D eigenvalue weighted by molar-refractivity contribution is 5.95. The molecule has 4 nitrogen and oxygen atoms in total. The van der Waals surface area contributed by atoms with Gasteiger partial charge in [-0.2, -0.15) is 0 Å². The monoisotopic (exact) mass is 246 g/mol. The van der Waals surface area contributed by atoms with Gasteiger partial charge in [0, 0.05) is 18.8 Å². The summed E-state index contributed by atoms with van der Waals surface area (Å²) in [4.78, 5) is 14.5. The lowest BCUT2D eigenvalue weighted by molar-refractivity contribution is -0.126. The second-order valence-electron chi connectivity index (χ2n) is 4.83. The molecule has 0 bridgehead atoms. The first-order valence-corrected chi connectivity index (χ1v) is 6.55. The van der Waals surface area contributed by atoms with Gasteiger partial charge in [0.05, 0.1) is 18.6 Å². The van der Waals surface area contributed by atoms with E-state index in [0.29, 0.717) is 13.2 Å². The molecule has 18 heavy (non-hydrogen) atoms. The summed E-state index contributed by atoms with van der Waals surface area (Å²) in [7, 11) is 0. The first-order chi connectivity index (χ1) is 8.86. The fourth-order valence-electron chi connectivity index (χ4n) is 2.76. The number of fused-ring (bicyclic) bond motifs is 1. The van der Waals surface area contributed by atoms with E-state index in [2.05, 4.69) is 5.32 Å². The molecule has 0 radical (unpaired) electrons. The minimum absolute atomic E-state index is 0.00829. The molecule has 2 aliphatic rings. The molecule has 4 heteroatoms. The number of anilines is 1. The van der Waals surface area contributed by atoms with Gasteiger partial charge in [0.15, 0.2) is 0 Å². The van der Waals surface area contributed by atoms with Crippen molar-refractivity contribution in [2.45, 2.75) is 12.5 Å². The molecule has 0 unspecified atom stereocenters. The molecule has 2 aliphatic heterocycles. The molecule has 2 saturated heterocycles. The quantitative estimate of drug-likeness (QED) is 0.804. The molecule has 96 valence electrons. The third-order valence-corrected chi connectivity index (χ3v) is 3.72. The van der Waals surface area contributed by atoms with Crippen LogP contribution >= 0.6 is 0 Å². The number of benzene rings is 1. The van der Waals surface area contributed by atoms with Crippen LogP contribution in [-0.2, 0) is 9.53 Å². The van der Waals surface area contributed by atoms with Crippen molar-refractivity contribution in [1.29, 1.82) is 0 Å². The Labute approximate surface area is 107 Å². The van der Waals surface area contributed by atoms with Crippen molar-refractivity contribution in [2.75, 3.05) is 31.1 Å². The zero-order chi connectivity index (χ0) is 12.4. The number of carbonyl (C=O) groups excluding carboxylic acids is 1. The maximum absolute atomic E-state index is 12.6. The summed E-state index contributed by atoms with van der Waals surface area (Å²) in [6, 6.07) is 9.87. The van der Waals surface area contributed by atoms with Crippen LogP contribution < -0.4 is 10.2 Å². The summed E-state index contributed by atoms with van der Waals surface area (Å²) in [5.74, 6) is 0.221.